The Bertz CT molecular complexity index is 302. The molecule has 0 aliphatic carbocycles. The average molecular weight is 198 g/mol. The largest absolute Gasteiger partial charge is 0.368 e. The van der Waals surface area contributed by atoms with E-state index in [1.165, 1.54) is 0 Å². The van der Waals surface area contributed by atoms with Gasteiger partial charge in [0.25, 0.3) is 0 Å². The molecular formula is C8H14N4O2. The monoisotopic (exact) mass is 198 g/mol. The van der Waals surface area contributed by atoms with Crippen LogP contribution in [0, 0.1) is 13.8 Å². The molecule has 78 valence electrons. The van der Waals surface area contributed by atoms with Gasteiger partial charge in [-0.2, -0.15) is 10.6 Å². The Hall–Kier alpha value is -1.40. The molecule has 14 heavy (non-hydrogen) atoms. The Kier molecular flexibility index (Phi) is 3.61. The second-order valence-corrected chi connectivity index (χ2v) is 2.99. The fourth-order valence-corrected chi connectivity index (χ4v) is 1.08. The minimum atomic E-state index is -0.502. The predicted octanol–water partition coefficient (Wildman–Crippen LogP) is -0.467. The Labute approximate surface area is 81.8 Å². The zero-order valence-corrected chi connectivity index (χ0v) is 8.26. The van der Waals surface area contributed by atoms with Gasteiger partial charge in [-0.1, -0.05) is 0 Å². The van der Waals surface area contributed by atoms with Crippen molar-refractivity contribution >= 4 is 5.91 Å². The molecular weight excluding hydrogens is 184 g/mol. The van der Waals surface area contributed by atoms with E-state index in [1.807, 2.05) is 13.8 Å². The van der Waals surface area contributed by atoms with Gasteiger partial charge in [0, 0.05) is 17.8 Å². The molecule has 0 saturated heterocycles. The second-order valence-electron chi connectivity index (χ2n) is 2.99. The van der Waals surface area contributed by atoms with Gasteiger partial charge in [0.2, 0.25) is 5.91 Å². The number of carbonyl (C=O) groups is 1. The van der Waals surface area contributed by atoms with E-state index in [-0.39, 0.29) is 6.61 Å². The van der Waals surface area contributed by atoms with Gasteiger partial charge < -0.3 is 5.73 Å². The lowest BCUT2D eigenvalue weighted by Gasteiger charge is -2.03. The number of hydrogen-bond acceptors (Lipinski definition) is 4. The van der Waals surface area contributed by atoms with Crippen LogP contribution in [0.3, 0.4) is 0 Å². The van der Waals surface area contributed by atoms with E-state index in [2.05, 4.69) is 15.7 Å². The molecule has 0 radical (unpaired) electrons. The number of nitrogens with zero attached hydrogens (tertiary/aromatic N) is 1. The van der Waals surface area contributed by atoms with E-state index in [1.54, 1.807) is 0 Å². The van der Waals surface area contributed by atoms with Gasteiger partial charge in [0.05, 0.1) is 5.69 Å². The molecule has 0 bridgehead atoms. The fourth-order valence-electron chi connectivity index (χ4n) is 1.08. The molecule has 0 unspecified atom stereocenters. The fraction of sp³-hybridized carbons (Fsp3) is 0.500. The zero-order chi connectivity index (χ0) is 10.6. The van der Waals surface area contributed by atoms with Crippen LogP contribution in [0.2, 0.25) is 0 Å². The first kappa shape index (κ1) is 10.7. The molecule has 0 aliphatic heterocycles. The highest BCUT2D eigenvalue weighted by molar-refractivity contribution is 5.74. The van der Waals surface area contributed by atoms with Crippen molar-refractivity contribution in [2.75, 3.05) is 6.61 Å². The Balaban J connectivity index is 2.34. The standard InChI is InChI=1S/C8H14N4O2/c1-5-7(6(2)12-11-5)3-10-14-4-8(9)13/h10H,3-4H2,1-2H3,(H2,9,13)(H,11,12). The number of aromatic nitrogens is 2. The van der Waals surface area contributed by atoms with E-state index in [4.69, 9.17) is 10.6 Å². The van der Waals surface area contributed by atoms with Crippen molar-refractivity contribution in [2.24, 2.45) is 5.73 Å². The summed E-state index contributed by atoms with van der Waals surface area (Å²) in [5, 5.41) is 6.87. The highest BCUT2D eigenvalue weighted by atomic mass is 16.6. The van der Waals surface area contributed by atoms with Crippen LogP contribution < -0.4 is 11.2 Å². The van der Waals surface area contributed by atoms with Crippen molar-refractivity contribution in [1.82, 2.24) is 15.7 Å². The second kappa shape index (κ2) is 4.73. The van der Waals surface area contributed by atoms with E-state index in [9.17, 15) is 4.79 Å². The van der Waals surface area contributed by atoms with Gasteiger partial charge in [-0.15, -0.1) is 0 Å². The van der Waals surface area contributed by atoms with Crippen molar-refractivity contribution in [1.29, 1.82) is 0 Å². The number of nitrogens with one attached hydrogen (secondary N) is 2. The summed E-state index contributed by atoms with van der Waals surface area (Å²) in [5.41, 5.74) is 10.5. The van der Waals surface area contributed by atoms with Gasteiger partial charge in [-0.25, -0.2) is 0 Å². The van der Waals surface area contributed by atoms with Gasteiger partial charge in [0.15, 0.2) is 0 Å². The summed E-state index contributed by atoms with van der Waals surface area (Å²) in [6, 6.07) is 0. The number of carbonyl (C=O) groups excluding carboxylic acids is 1. The number of hydrogen-bond donors (Lipinski definition) is 3. The maximum atomic E-state index is 10.3. The lowest BCUT2D eigenvalue weighted by Crippen LogP contribution is -2.24. The van der Waals surface area contributed by atoms with Crippen molar-refractivity contribution < 1.29 is 9.63 Å². The highest BCUT2D eigenvalue weighted by Gasteiger charge is 2.05. The van der Waals surface area contributed by atoms with Crippen molar-refractivity contribution in [3.63, 3.8) is 0 Å². The topological polar surface area (TPSA) is 93.0 Å². The van der Waals surface area contributed by atoms with Crippen molar-refractivity contribution in [3.8, 4) is 0 Å². The van der Waals surface area contributed by atoms with Crippen LogP contribution in [0.5, 0.6) is 0 Å². The minimum absolute atomic E-state index is 0.129. The van der Waals surface area contributed by atoms with Gasteiger partial charge in [-0.05, 0) is 13.8 Å². The lowest BCUT2D eigenvalue weighted by atomic mass is 10.2. The van der Waals surface area contributed by atoms with E-state index in [0.29, 0.717) is 6.54 Å². The molecule has 0 saturated carbocycles. The predicted molar refractivity (Wildman–Crippen MR) is 50.0 cm³/mol. The van der Waals surface area contributed by atoms with Crippen molar-refractivity contribution in [3.05, 3.63) is 17.0 Å². The molecule has 6 heteroatoms. The molecule has 0 atom stereocenters. The summed E-state index contributed by atoms with van der Waals surface area (Å²) in [5.74, 6) is -0.502. The molecule has 0 fully saturated rings. The summed E-state index contributed by atoms with van der Waals surface area (Å²) < 4.78 is 0. The molecule has 1 rings (SSSR count). The number of H-pyrrole nitrogens is 1. The smallest absolute Gasteiger partial charge is 0.245 e. The molecule has 0 aliphatic rings. The SMILES string of the molecule is Cc1n[nH]c(C)c1CNOCC(N)=O. The first-order chi connectivity index (χ1) is 6.61. The molecule has 6 nitrogen and oxygen atoms in total. The maximum absolute atomic E-state index is 10.3. The van der Waals surface area contributed by atoms with E-state index >= 15 is 0 Å². The van der Waals surface area contributed by atoms with Crippen LogP contribution in [-0.2, 0) is 16.2 Å². The third kappa shape index (κ3) is 2.82. The average Bonchev–Trinajstić information content (AvgIpc) is 2.42. The quantitative estimate of drug-likeness (QED) is 0.440. The van der Waals surface area contributed by atoms with Crippen LogP contribution in [0.25, 0.3) is 0 Å². The van der Waals surface area contributed by atoms with E-state index in [0.717, 1.165) is 17.0 Å². The normalized spacial score (nSPS) is 10.4. The van der Waals surface area contributed by atoms with Crippen LogP contribution in [0.15, 0.2) is 0 Å². The number of aryl methyl sites for hydroxylation is 2. The summed E-state index contributed by atoms with van der Waals surface area (Å²) in [4.78, 5) is 15.1. The number of amides is 1. The van der Waals surface area contributed by atoms with Gasteiger partial charge in [0.1, 0.15) is 6.61 Å². The zero-order valence-electron chi connectivity index (χ0n) is 8.26. The summed E-state index contributed by atoms with van der Waals surface area (Å²) in [7, 11) is 0. The third-order valence-electron chi connectivity index (χ3n) is 1.85. The summed E-state index contributed by atoms with van der Waals surface area (Å²) in [6.45, 7) is 4.19. The molecule has 0 spiro atoms. The Morgan fingerprint density at radius 1 is 1.64 bits per heavy atom. The summed E-state index contributed by atoms with van der Waals surface area (Å²) >= 11 is 0. The number of hydroxylamine groups is 1. The first-order valence-corrected chi connectivity index (χ1v) is 4.24. The molecule has 1 aromatic rings. The van der Waals surface area contributed by atoms with Crippen LogP contribution in [0.1, 0.15) is 17.0 Å². The molecule has 1 amide bonds. The minimum Gasteiger partial charge on any atom is -0.368 e. The Morgan fingerprint density at radius 2 is 2.36 bits per heavy atom. The summed E-state index contributed by atoms with van der Waals surface area (Å²) in [6.07, 6.45) is 0. The molecule has 4 N–H and O–H groups in total. The lowest BCUT2D eigenvalue weighted by molar-refractivity contribution is -0.125. The van der Waals surface area contributed by atoms with Gasteiger partial charge >= 0.3 is 0 Å². The molecule has 1 heterocycles. The molecule has 1 aromatic heterocycles. The number of aromatic amines is 1. The molecule has 0 aromatic carbocycles. The maximum Gasteiger partial charge on any atom is 0.245 e. The highest BCUT2D eigenvalue weighted by Crippen LogP contribution is 2.07. The van der Waals surface area contributed by atoms with Gasteiger partial charge in [-0.3, -0.25) is 14.7 Å². The first-order valence-electron chi connectivity index (χ1n) is 4.24. The Morgan fingerprint density at radius 3 is 2.86 bits per heavy atom. The van der Waals surface area contributed by atoms with Crippen LogP contribution >= 0.6 is 0 Å². The van der Waals surface area contributed by atoms with Crippen LogP contribution in [-0.4, -0.2) is 22.7 Å². The third-order valence-corrected chi connectivity index (χ3v) is 1.85. The number of rotatable bonds is 5. The van der Waals surface area contributed by atoms with Crippen LogP contribution in [0.4, 0.5) is 0 Å². The number of primary amides is 1. The number of nitrogens with two attached hydrogens (primary N) is 1. The van der Waals surface area contributed by atoms with Crippen molar-refractivity contribution in [2.45, 2.75) is 20.4 Å². The van der Waals surface area contributed by atoms with E-state index < -0.39 is 5.91 Å².